The number of carboxylic acids is 1. The van der Waals surface area contributed by atoms with Gasteiger partial charge in [-0.25, -0.2) is 4.79 Å². The fraction of sp³-hybridized carbons (Fsp3) is 0.667. The Kier molecular flexibility index (Phi) is 4.46. The van der Waals surface area contributed by atoms with Crippen molar-refractivity contribution in [1.29, 1.82) is 0 Å². The van der Waals surface area contributed by atoms with Crippen LogP contribution in [0.3, 0.4) is 0 Å². The second-order valence-electron chi connectivity index (χ2n) is 5.84. The summed E-state index contributed by atoms with van der Waals surface area (Å²) < 4.78 is 6.95. The number of aliphatic carboxylic acids is 1. The molecule has 1 N–H and O–H groups in total. The van der Waals surface area contributed by atoms with E-state index in [0.717, 1.165) is 24.1 Å². The van der Waals surface area contributed by atoms with Gasteiger partial charge >= 0.3 is 11.7 Å². The lowest BCUT2D eigenvalue weighted by Crippen LogP contribution is -2.40. The quantitative estimate of drug-likeness (QED) is 0.889. The van der Waals surface area contributed by atoms with E-state index in [9.17, 15) is 9.59 Å². The molecule has 21 heavy (non-hydrogen) atoms. The van der Waals surface area contributed by atoms with Gasteiger partial charge < -0.3 is 9.84 Å². The van der Waals surface area contributed by atoms with Gasteiger partial charge in [0.05, 0.1) is 12.0 Å². The molecule has 0 aromatic carbocycles. The molecule has 1 atom stereocenters. The van der Waals surface area contributed by atoms with Crippen LogP contribution >= 0.6 is 0 Å². The van der Waals surface area contributed by atoms with Gasteiger partial charge in [-0.2, -0.15) is 4.98 Å². The first kappa shape index (κ1) is 15.7. The predicted molar refractivity (Wildman–Crippen MR) is 77.5 cm³/mol. The minimum atomic E-state index is -0.838. The normalized spacial score (nSPS) is 22.7. The van der Waals surface area contributed by atoms with Gasteiger partial charge in [-0.05, 0) is 38.7 Å². The molecule has 0 aliphatic heterocycles. The molecule has 0 spiro atoms. The maximum atomic E-state index is 12.2. The fourth-order valence-corrected chi connectivity index (χ4v) is 2.88. The van der Waals surface area contributed by atoms with E-state index in [1.807, 2.05) is 6.92 Å². The lowest BCUT2D eigenvalue weighted by molar-refractivity contribution is -0.141. The molecule has 0 saturated heterocycles. The van der Waals surface area contributed by atoms with Crippen LogP contribution in [-0.4, -0.2) is 33.8 Å². The molecule has 116 valence electrons. The fourth-order valence-electron chi connectivity index (χ4n) is 2.88. The van der Waals surface area contributed by atoms with E-state index >= 15 is 0 Å². The van der Waals surface area contributed by atoms with Gasteiger partial charge in [0, 0.05) is 24.5 Å². The summed E-state index contributed by atoms with van der Waals surface area (Å²) in [6.07, 6.45) is 2.19. The molecule has 1 aromatic rings. The number of hydrogen-bond acceptors (Lipinski definition) is 4. The topological polar surface area (TPSA) is 81.4 Å². The highest BCUT2D eigenvalue weighted by Crippen LogP contribution is 2.34. The average Bonchev–Trinajstić information content (AvgIpc) is 2.36. The maximum absolute atomic E-state index is 12.2. The Morgan fingerprint density at radius 3 is 2.62 bits per heavy atom. The van der Waals surface area contributed by atoms with E-state index in [0.29, 0.717) is 12.1 Å². The highest BCUT2D eigenvalue weighted by Gasteiger charge is 2.33. The summed E-state index contributed by atoms with van der Waals surface area (Å²) in [6.45, 7) is 5.31. The molecule has 1 aliphatic rings. The van der Waals surface area contributed by atoms with Crippen molar-refractivity contribution in [3.63, 3.8) is 0 Å². The molecule has 1 unspecified atom stereocenters. The van der Waals surface area contributed by atoms with Crippen LogP contribution in [0.2, 0.25) is 0 Å². The number of aromatic nitrogens is 2. The number of hydrogen-bond donors (Lipinski definition) is 1. The van der Waals surface area contributed by atoms with Crippen molar-refractivity contribution in [2.24, 2.45) is 5.92 Å². The highest BCUT2D eigenvalue weighted by molar-refractivity contribution is 5.70. The molecular weight excluding hydrogens is 272 g/mol. The molecule has 6 heteroatoms. The van der Waals surface area contributed by atoms with Crippen LogP contribution < -0.4 is 5.69 Å². The van der Waals surface area contributed by atoms with Gasteiger partial charge in [-0.15, -0.1) is 0 Å². The van der Waals surface area contributed by atoms with Crippen LogP contribution in [-0.2, 0) is 16.0 Å². The Morgan fingerprint density at radius 1 is 1.48 bits per heavy atom. The van der Waals surface area contributed by atoms with Crippen molar-refractivity contribution >= 4 is 5.97 Å². The van der Waals surface area contributed by atoms with Crippen LogP contribution in [0.1, 0.15) is 42.8 Å². The van der Waals surface area contributed by atoms with E-state index in [4.69, 9.17) is 9.84 Å². The van der Waals surface area contributed by atoms with Crippen molar-refractivity contribution in [2.75, 3.05) is 7.11 Å². The zero-order valence-electron chi connectivity index (χ0n) is 12.9. The Bertz CT molecular complexity index is 602. The summed E-state index contributed by atoms with van der Waals surface area (Å²) in [5.74, 6) is -1.34. The van der Waals surface area contributed by atoms with Gasteiger partial charge in [0.25, 0.3) is 0 Å². The third-order valence-corrected chi connectivity index (χ3v) is 4.40. The van der Waals surface area contributed by atoms with Crippen LogP contribution in [0.5, 0.6) is 0 Å². The zero-order chi connectivity index (χ0) is 15.7. The summed E-state index contributed by atoms with van der Waals surface area (Å²) in [5.41, 5.74) is 2.08. The number of rotatable bonds is 5. The summed E-state index contributed by atoms with van der Waals surface area (Å²) >= 11 is 0. The van der Waals surface area contributed by atoms with Gasteiger partial charge in [-0.3, -0.25) is 9.36 Å². The third-order valence-electron chi connectivity index (χ3n) is 4.40. The minimum absolute atomic E-state index is 0.106. The summed E-state index contributed by atoms with van der Waals surface area (Å²) in [7, 11) is 1.67. The van der Waals surface area contributed by atoms with Gasteiger partial charge in [0.2, 0.25) is 0 Å². The SMILES string of the molecule is COC1CC(n2c(C)c(CC(C)C(=O)O)c(C)nc2=O)C1. The van der Waals surface area contributed by atoms with E-state index < -0.39 is 11.9 Å². The molecule has 1 aromatic heterocycles. The van der Waals surface area contributed by atoms with Crippen molar-refractivity contribution in [3.05, 3.63) is 27.4 Å². The van der Waals surface area contributed by atoms with Crippen LogP contribution in [0.4, 0.5) is 0 Å². The highest BCUT2D eigenvalue weighted by atomic mass is 16.5. The van der Waals surface area contributed by atoms with E-state index in [2.05, 4.69) is 4.98 Å². The third kappa shape index (κ3) is 3.00. The predicted octanol–water partition coefficient (Wildman–Crippen LogP) is 1.47. The number of nitrogens with zero attached hydrogens (tertiary/aromatic N) is 2. The second-order valence-corrected chi connectivity index (χ2v) is 5.84. The number of aryl methyl sites for hydroxylation is 1. The first-order valence-electron chi connectivity index (χ1n) is 7.19. The van der Waals surface area contributed by atoms with Gasteiger partial charge in [0.15, 0.2) is 0 Å². The Balaban J connectivity index is 2.34. The van der Waals surface area contributed by atoms with Crippen LogP contribution in [0.15, 0.2) is 4.79 Å². The van der Waals surface area contributed by atoms with Gasteiger partial charge in [0.1, 0.15) is 0 Å². The first-order chi connectivity index (χ1) is 9.85. The zero-order valence-corrected chi connectivity index (χ0v) is 12.9. The number of methoxy groups -OCH3 is 1. The Hall–Kier alpha value is -1.69. The molecule has 1 heterocycles. The van der Waals surface area contributed by atoms with Crippen LogP contribution in [0, 0.1) is 19.8 Å². The summed E-state index contributed by atoms with van der Waals surface area (Å²) in [4.78, 5) is 27.3. The number of carboxylic acid groups (broad SMARTS) is 1. The smallest absolute Gasteiger partial charge is 0.348 e. The maximum Gasteiger partial charge on any atom is 0.348 e. The molecule has 1 aliphatic carbocycles. The number of ether oxygens (including phenoxy) is 1. The standard InChI is InChI=1S/C15H22N2O4/c1-8(14(18)19)5-13-9(2)16-15(20)17(10(13)3)11-6-12(7-11)21-4/h8,11-12H,5-7H2,1-4H3,(H,18,19). The largest absolute Gasteiger partial charge is 0.481 e. The van der Waals surface area contributed by atoms with E-state index in [-0.39, 0.29) is 17.8 Å². The summed E-state index contributed by atoms with van der Waals surface area (Å²) in [6, 6.07) is 0.106. The summed E-state index contributed by atoms with van der Waals surface area (Å²) in [5, 5.41) is 9.08. The average molecular weight is 294 g/mol. The molecule has 0 amide bonds. The van der Waals surface area contributed by atoms with E-state index in [1.54, 1.807) is 25.5 Å². The van der Waals surface area contributed by atoms with Crippen molar-refractivity contribution in [1.82, 2.24) is 9.55 Å². The monoisotopic (exact) mass is 294 g/mol. The minimum Gasteiger partial charge on any atom is -0.481 e. The van der Waals surface area contributed by atoms with Gasteiger partial charge in [-0.1, -0.05) is 6.92 Å². The van der Waals surface area contributed by atoms with Crippen molar-refractivity contribution in [2.45, 2.75) is 52.2 Å². The Labute approximate surface area is 123 Å². The molecule has 2 rings (SSSR count). The lowest BCUT2D eigenvalue weighted by atomic mass is 9.88. The van der Waals surface area contributed by atoms with Crippen molar-refractivity contribution < 1.29 is 14.6 Å². The van der Waals surface area contributed by atoms with E-state index in [1.165, 1.54) is 0 Å². The second kappa shape index (κ2) is 5.97. The number of carbonyl (C=O) groups is 1. The lowest BCUT2D eigenvalue weighted by Gasteiger charge is -2.36. The molecule has 6 nitrogen and oxygen atoms in total. The van der Waals surface area contributed by atoms with Crippen molar-refractivity contribution in [3.8, 4) is 0 Å². The molecular formula is C15H22N2O4. The molecule has 0 bridgehead atoms. The first-order valence-corrected chi connectivity index (χ1v) is 7.19. The molecule has 1 saturated carbocycles. The Morgan fingerprint density at radius 2 is 2.10 bits per heavy atom. The molecule has 1 fully saturated rings. The van der Waals surface area contributed by atoms with Crippen LogP contribution in [0.25, 0.3) is 0 Å². The molecule has 0 radical (unpaired) electrons.